The molecule has 0 aromatic carbocycles. The maximum Gasteiger partial charge on any atom is 0.199 e. The Morgan fingerprint density at radius 1 is 1.44 bits per heavy atom. The predicted octanol–water partition coefficient (Wildman–Crippen LogP) is 2.80. The monoisotopic (exact) mass is 224 g/mol. The van der Waals surface area contributed by atoms with Gasteiger partial charge in [0.1, 0.15) is 5.76 Å². The Kier molecular flexibility index (Phi) is 3.06. The number of allylic oxidation sites excluding steroid dienone is 2. The topological polar surface area (TPSA) is 35.5 Å². The molecule has 0 aromatic heterocycles. The summed E-state index contributed by atoms with van der Waals surface area (Å²) >= 11 is 0. The molecule has 1 aliphatic heterocycles. The molecule has 0 N–H and O–H groups in total. The van der Waals surface area contributed by atoms with Gasteiger partial charge in [-0.1, -0.05) is 13.8 Å². The second kappa shape index (κ2) is 4.21. The van der Waals surface area contributed by atoms with E-state index < -0.39 is 0 Å². The summed E-state index contributed by atoms with van der Waals surface area (Å²) in [7, 11) is 0. The molecule has 0 spiro atoms. The van der Waals surface area contributed by atoms with E-state index in [0.29, 0.717) is 13.0 Å². The SMILES string of the molecule is CCOC1CCC2=C(CC(C)(C)CC2=O)O1. The number of Topliss-reactive ketones (excluding diaryl/α,β-unsaturated/α-hetero) is 1. The third-order valence-electron chi connectivity index (χ3n) is 3.21. The van der Waals surface area contributed by atoms with Crippen LogP contribution in [0.1, 0.15) is 46.5 Å². The fourth-order valence-corrected chi connectivity index (χ4v) is 2.48. The summed E-state index contributed by atoms with van der Waals surface area (Å²) in [4.78, 5) is 11.9. The van der Waals surface area contributed by atoms with Crippen molar-refractivity contribution >= 4 is 5.78 Å². The van der Waals surface area contributed by atoms with Gasteiger partial charge in [-0.25, -0.2) is 0 Å². The van der Waals surface area contributed by atoms with E-state index in [1.807, 2.05) is 6.92 Å². The van der Waals surface area contributed by atoms with Gasteiger partial charge in [-0.2, -0.15) is 0 Å². The van der Waals surface area contributed by atoms with Crippen molar-refractivity contribution in [2.45, 2.75) is 52.7 Å². The van der Waals surface area contributed by atoms with Crippen molar-refractivity contribution in [1.29, 1.82) is 0 Å². The van der Waals surface area contributed by atoms with Gasteiger partial charge in [-0.05, 0) is 18.8 Å². The summed E-state index contributed by atoms with van der Waals surface area (Å²) in [5, 5.41) is 0. The number of hydrogen-bond donors (Lipinski definition) is 0. The zero-order valence-corrected chi connectivity index (χ0v) is 10.3. The third kappa shape index (κ3) is 2.29. The van der Waals surface area contributed by atoms with E-state index in [1.54, 1.807) is 0 Å². The van der Waals surface area contributed by atoms with Crippen LogP contribution in [0.4, 0.5) is 0 Å². The van der Waals surface area contributed by atoms with Crippen molar-refractivity contribution in [1.82, 2.24) is 0 Å². The third-order valence-corrected chi connectivity index (χ3v) is 3.21. The lowest BCUT2D eigenvalue weighted by Gasteiger charge is -2.36. The molecule has 0 aromatic rings. The number of rotatable bonds is 2. The highest BCUT2D eigenvalue weighted by molar-refractivity contribution is 5.97. The molecule has 0 radical (unpaired) electrons. The van der Waals surface area contributed by atoms with Gasteiger partial charge in [-0.3, -0.25) is 4.79 Å². The molecule has 1 atom stereocenters. The molecule has 0 bridgehead atoms. The average molecular weight is 224 g/mol. The first-order valence-corrected chi connectivity index (χ1v) is 6.05. The van der Waals surface area contributed by atoms with Crippen LogP contribution in [0.25, 0.3) is 0 Å². The van der Waals surface area contributed by atoms with E-state index in [4.69, 9.17) is 9.47 Å². The molecule has 3 nitrogen and oxygen atoms in total. The van der Waals surface area contributed by atoms with Crippen molar-refractivity contribution in [3.8, 4) is 0 Å². The van der Waals surface area contributed by atoms with Crippen LogP contribution in [0.5, 0.6) is 0 Å². The minimum absolute atomic E-state index is 0.0318. The van der Waals surface area contributed by atoms with Gasteiger partial charge in [0, 0.05) is 31.4 Å². The van der Waals surface area contributed by atoms with Crippen LogP contribution in [0.15, 0.2) is 11.3 Å². The Hall–Kier alpha value is -0.830. The van der Waals surface area contributed by atoms with E-state index >= 15 is 0 Å². The summed E-state index contributed by atoms with van der Waals surface area (Å²) in [6.45, 7) is 6.85. The number of carbonyl (C=O) groups is 1. The normalized spacial score (nSPS) is 28.7. The van der Waals surface area contributed by atoms with E-state index in [-0.39, 0.29) is 17.5 Å². The van der Waals surface area contributed by atoms with Crippen molar-refractivity contribution in [2.24, 2.45) is 5.41 Å². The Morgan fingerprint density at radius 3 is 2.88 bits per heavy atom. The van der Waals surface area contributed by atoms with Crippen LogP contribution in [-0.2, 0) is 14.3 Å². The van der Waals surface area contributed by atoms with E-state index in [9.17, 15) is 4.79 Å². The number of ketones is 1. The van der Waals surface area contributed by atoms with E-state index in [2.05, 4.69) is 13.8 Å². The quantitative estimate of drug-likeness (QED) is 0.723. The fourth-order valence-electron chi connectivity index (χ4n) is 2.48. The second-order valence-corrected chi connectivity index (χ2v) is 5.38. The Balaban J connectivity index is 2.15. The lowest BCUT2D eigenvalue weighted by molar-refractivity contribution is -0.138. The molecular weight excluding hydrogens is 204 g/mol. The largest absolute Gasteiger partial charge is 0.469 e. The lowest BCUT2D eigenvalue weighted by Crippen LogP contribution is -2.32. The van der Waals surface area contributed by atoms with Crippen LogP contribution in [0, 0.1) is 5.41 Å². The standard InChI is InChI=1S/C13H20O3/c1-4-15-12-6-5-9-10(14)7-13(2,3)8-11(9)16-12/h12H,4-8H2,1-3H3. The van der Waals surface area contributed by atoms with Gasteiger partial charge in [0.25, 0.3) is 0 Å². The van der Waals surface area contributed by atoms with Gasteiger partial charge in [0.15, 0.2) is 12.1 Å². The molecule has 3 heteroatoms. The molecule has 90 valence electrons. The van der Waals surface area contributed by atoms with Gasteiger partial charge in [-0.15, -0.1) is 0 Å². The smallest absolute Gasteiger partial charge is 0.199 e. The average Bonchev–Trinajstić information content (AvgIpc) is 2.15. The molecule has 16 heavy (non-hydrogen) atoms. The maximum absolute atomic E-state index is 11.9. The van der Waals surface area contributed by atoms with E-state index in [0.717, 1.165) is 30.6 Å². The first kappa shape index (κ1) is 11.6. The van der Waals surface area contributed by atoms with Gasteiger partial charge >= 0.3 is 0 Å². The van der Waals surface area contributed by atoms with Gasteiger partial charge < -0.3 is 9.47 Å². The molecule has 2 rings (SSSR count). The Labute approximate surface area is 96.8 Å². The summed E-state index contributed by atoms with van der Waals surface area (Å²) in [6.07, 6.45) is 2.98. The predicted molar refractivity (Wildman–Crippen MR) is 60.8 cm³/mol. The van der Waals surface area contributed by atoms with Crippen molar-refractivity contribution < 1.29 is 14.3 Å². The van der Waals surface area contributed by atoms with Crippen LogP contribution in [0.3, 0.4) is 0 Å². The van der Waals surface area contributed by atoms with Crippen molar-refractivity contribution in [2.75, 3.05) is 6.61 Å². The highest BCUT2D eigenvalue weighted by Crippen LogP contribution is 2.41. The first-order valence-electron chi connectivity index (χ1n) is 6.05. The zero-order chi connectivity index (χ0) is 11.8. The van der Waals surface area contributed by atoms with Crippen LogP contribution in [-0.4, -0.2) is 18.7 Å². The number of hydrogen-bond acceptors (Lipinski definition) is 3. The van der Waals surface area contributed by atoms with Crippen molar-refractivity contribution in [3.05, 3.63) is 11.3 Å². The molecule has 0 amide bonds. The fraction of sp³-hybridized carbons (Fsp3) is 0.769. The molecule has 1 unspecified atom stereocenters. The van der Waals surface area contributed by atoms with Crippen LogP contribution >= 0.6 is 0 Å². The molecular formula is C13H20O3. The summed E-state index contributed by atoms with van der Waals surface area (Å²) in [5.41, 5.74) is 0.944. The highest BCUT2D eigenvalue weighted by Gasteiger charge is 2.37. The van der Waals surface area contributed by atoms with Crippen LogP contribution < -0.4 is 0 Å². The number of ether oxygens (including phenoxy) is 2. The lowest BCUT2D eigenvalue weighted by atomic mass is 9.75. The summed E-state index contributed by atoms with van der Waals surface area (Å²) in [6, 6.07) is 0. The molecule has 1 aliphatic carbocycles. The highest BCUT2D eigenvalue weighted by atomic mass is 16.7. The molecule has 1 heterocycles. The second-order valence-electron chi connectivity index (χ2n) is 5.38. The number of carbonyl (C=O) groups excluding carboxylic acids is 1. The molecule has 2 aliphatic rings. The van der Waals surface area contributed by atoms with Crippen molar-refractivity contribution in [3.63, 3.8) is 0 Å². The van der Waals surface area contributed by atoms with Gasteiger partial charge in [0.05, 0.1) is 0 Å². The summed E-state index contributed by atoms with van der Waals surface area (Å²) in [5.74, 6) is 1.15. The van der Waals surface area contributed by atoms with Gasteiger partial charge in [0.2, 0.25) is 0 Å². The summed E-state index contributed by atoms with van der Waals surface area (Å²) < 4.78 is 11.2. The maximum atomic E-state index is 11.9. The Morgan fingerprint density at radius 2 is 2.19 bits per heavy atom. The minimum atomic E-state index is -0.148. The Bertz CT molecular complexity index is 328. The molecule has 0 saturated carbocycles. The van der Waals surface area contributed by atoms with E-state index in [1.165, 1.54) is 0 Å². The molecule has 0 fully saturated rings. The first-order chi connectivity index (χ1) is 7.52. The minimum Gasteiger partial charge on any atom is -0.469 e. The zero-order valence-electron chi connectivity index (χ0n) is 10.3. The van der Waals surface area contributed by atoms with Crippen LogP contribution in [0.2, 0.25) is 0 Å². The molecule has 0 saturated heterocycles.